The van der Waals surface area contributed by atoms with Crippen LogP contribution < -0.4 is 0 Å². The molecule has 13 heavy (non-hydrogen) atoms. The van der Waals surface area contributed by atoms with Crippen LogP contribution >= 0.6 is 0 Å². The summed E-state index contributed by atoms with van der Waals surface area (Å²) >= 11 is 0. The lowest BCUT2D eigenvalue weighted by molar-refractivity contribution is -0.143. The fourth-order valence-corrected chi connectivity index (χ4v) is 1.48. The SMILES string of the molecule is CCC(=O)OCCC1CCCOC1. The molecule has 1 aliphatic rings. The Hall–Kier alpha value is -0.570. The first-order valence-corrected chi connectivity index (χ1v) is 5.06. The lowest BCUT2D eigenvalue weighted by atomic mass is 9.99. The Morgan fingerprint density at radius 1 is 1.62 bits per heavy atom. The van der Waals surface area contributed by atoms with Gasteiger partial charge in [-0.05, 0) is 25.2 Å². The summed E-state index contributed by atoms with van der Waals surface area (Å²) < 4.78 is 10.3. The van der Waals surface area contributed by atoms with Crippen molar-refractivity contribution in [2.24, 2.45) is 5.92 Å². The molecule has 1 atom stereocenters. The van der Waals surface area contributed by atoms with E-state index in [1.807, 2.05) is 6.92 Å². The van der Waals surface area contributed by atoms with E-state index in [-0.39, 0.29) is 5.97 Å². The number of rotatable bonds is 4. The Kier molecular flexibility index (Phi) is 4.83. The molecule has 1 unspecified atom stereocenters. The van der Waals surface area contributed by atoms with Crippen molar-refractivity contribution in [1.82, 2.24) is 0 Å². The number of carbonyl (C=O) groups is 1. The Morgan fingerprint density at radius 3 is 3.08 bits per heavy atom. The Morgan fingerprint density at radius 2 is 2.46 bits per heavy atom. The average Bonchev–Trinajstić information content (AvgIpc) is 2.19. The summed E-state index contributed by atoms with van der Waals surface area (Å²) in [5, 5.41) is 0. The quantitative estimate of drug-likeness (QED) is 0.627. The molecule has 0 saturated carbocycles. The second-order valence-electron chi connectivity index (χ2n) is 3.45. The highest BCUT2D eigenvalue weighted by molar-refractivity contribution is 5.68. The zero-order chi connectivity index (χ0) is 9.52. The molecule has 0 aromatic carbocycles. The third-order valence-electron chi connectivity index (χ3n) is 2.33. The largest absolute Gasteiger partial charge is 0.466 e. The van der Waals surface area contributed by atoms with Gasteiger partial charge in [-0.15, -0.1) is 0 Å². The first kappa shape index (κ1) is 10.5. The highest BCUT2D eigenvalue weighted by atomic mass is 16.5. The maximum atomic E-state index is 10.8. The van der Waals surface area contributed by atoms with Crippen molar-refractivity contribution >= 4 is 5.97 Å². The summed E-state index contributed by atoms with van der Waals surface area (Å²) in [6.45, 7) is 4.10. The molecule has 0 bridgehead atoms. The predicted molar refractivity (Wildman–Crippen MR) is 49.4 cm³/mol. The lowest BCUT2D eigenvalue weighted by Crippen LogP contribution is -2.19. The molecule has 1 saturated heterocycles. The summed E-state index contributed by atoms with van der Waals surface area (Å²) in [4.78, 5) is 10.8. The first-order valence-electron chi connectivity index (χ1n) is 5.06. The van der Waals surface area contributed by atoms with Crippen molar-refractivity contribution in [2.45, 2.75) is 32.6 Å². The van der Waals surface area contributed by atoms with E-state index >= 15 is 0 Å². The molecular formula is C10H18O3. The van der Waals surface area contributed by atoms with Gasteiger partial charge in [0.05, 0.1) is 6.61 Å². The number of hydrogen-bond acceptors (Lipinski definition) is 3. The topological polar surface area (TPSA) is 35.5 Å². The van der Waals surface area contributed by atoms with E-state index in [9.17, 15) is 4.79 Å². The van der Waals surface area contributed by atoms with Crippen molar-refractivity contribution in [2.75, 3.05) is 19.8 Å². The van der Waals surface area contributed by atoms with Gasteiger partial charge in [-0.2, -0.15) is 0 Å². The van der Waals surface area contributed by atoms with Crippen LogP contribution in [0, 0.1) is 5.92 Å². The van der Waals surface area contributed by atoms with E-state index in [1.54, 1.807) is 0 Å². The number of ether oxygens (including phenoxy) is 2. The van der Waals surface area contributed by atoms with Gasteiger partial charge in [0.1, 0.15) is 0 Å². The molecule has 0 aliphatic carbocycles. The van der Waals surface area contributed by atoms with E-state index in [4.69, 9.17) is 9.47 Å². The third-order valence-corrected chi connectivity index (χ3v) is 2.33. The van der Waals surface area contributed by atoms with Crippen molar-refractivity contribution in [3.8, 4) is 0 Å². The van der Waals surface area contributed by atoms with Crippen LogP contribution in [-0.4, -0.2) is 25.8 Å². The van der Waals surface area contributed by atoms with E-state index in [0.717, 1.165) is 26.1 Å². The van der Waals surface area contributed by atoms with Gasteiger partial charge < -0.3 is 9.47 Å². The highest BCUT2D eigenvalue weighted by Gasteiger charge is 2.13. The molecule has 0 spiro atoms. The van der Waals surface area contributed by atoms with E-state index in [2.05, 4.69) is 0 Å². The summed E-state index contributed by atoms with van der Waals surface area (Å²) in [5.74, 6) is 0.495. The molecule has 76 valence electrons. The van der Waals surface area contributed by atoms with Crippen LogP contribution in [0.15, 0.2) is 0 Å². The highest BCUT2D eigenvalue weighted by Crippen LogP contribution is 2.16. The van der Waals surface area contributed by atoms with Gasteiger partial charge in [0.2, 0.25) is 0 Å². The maximum absolute atomic E-state index is 10.8. The van der Waals surface area contributed by atoms with Crippen LogP contribution in [0.1, 0.15) is 32.6 Å². The van der Waals surface area contributed by atoms with Crippen LogP contribution in [0.25, 0.3) is 0 Å². The standard InChI is InChI=1S/C10H18O3/c1-2-10(11)13-7-5-9-4-3-6-12-8-9/h9H,2-8H2,1H3. The van der Waals surface area contributed by atoms with Gasteiger partial charge in [0.25, 0.3) is 0 Å². The number of hydrogen-bond donors (Lipinski definition) is 0. The van der Waals surface area contributed by atoms with E-state index in [0.29, 0.717) is 18.9 Å². The third kappa shape index (κ3) is 4.27. The molecule has 3 heteroatoms. The second kappa shape index (κ2) is 5.97. The molecule has 1 fully saturated rings. The van der Waals surface area contributed by atoms with E-state index < -0.39 is 0 Å². The van der Waals surface area contributed by atoms with Gasteiger partial charge in [0.15, 0.2) is 0 Å². The second-order valence-corrected chi connectivity index (χ2v) is 3.45. The number of esters is 1. The number of carbonyl (C=O) groups excluding carboxylic acids is 1. The monoisotopic (exact) mass is 186 g/mol. The Labute approximate surface area is 79.4 Å². The molecule has 1 aliphatic heterocycles. The fraction of sp³-hybridized carbons (Fsp3) is 0.900. The normalized spacial score (nSPS) is 22.7. The molecule has 1 heterocycles. The van der Waals surface area contributed by atoms with Crippen molar-refractivity contribution in [1.29, 1.82) is 0 Å². The van der Waals surface area contributed by atoms with Crippen LogP contribution in [0.2, 0.25) is 0 Å². The molecule has 1 rings (SSSR count). The minimum absolute atomic E-state index is 0.100. The summed E-state index contributed by atoms with van der Waals surface area (Å²) in [6, 6.07) is 0. The Balaban J connectivity index is 2.01. The molecule has 0 amide bonds. The lowest BCUT2D eigenvalue weighted by Gasteiger charge is -2.21. The van der Waals surface area contributed by atoms with Crippen LogP contribution in [-0.2, 0) is 14.3 Å². The smallest absolute Gasteiger partial charge is 0.305 e. The van der Waals surface area contributed by atoms with Gasteiger partial charge in [0, 0.05) is 19.6 Å². The fourth-order valence-electron chi connectivity index (χ4n) is 1.48. The zero-order valence-electron chi connectivity index (χ0n) is 8.25. The predicted octanol–water partition coefficient (Wildman–Crippen LogP) is 1.76. The summed E-state index contributed by atoms with van der Waals surface area (Å²) in [7, 11) is 0. The molecule has 0 aromatic rings. The van der Waals surface area contributed by atoms with Crippen LogP contribution in [0.3, 0.4) is 0 Å². The maximum Gasteiger partial charge on any atom is 0.305 e. The van der Waals surface area contributed by atoms with Crippen molar-refractivity contribution in [3.05, 3.63) is 0 Å². The zero-order valence-corrected chi connectivity index (χ0v) is 8.25. The van der Waals surface area contributed by atoms with Crippen molar-refractivity contribution < 1.29 is 14.3 Å². The van der Waals surface area contributed by atoms with Crippen LogP contribution in [0.5, 0.6) is 0 Å². The summed E-state index contributed by atoms with van der Waals surface area (Å²) in [5.41, 5.74) is 0. The Bertz CT molecular complexity index is 150. The summed E-state index contributed by atoms with van der Waals surface area (Å²) in [6.07, 6.45) is 3.78. The molecule has 0 N–H and O–H groups in total. The van der Waals surface area contributed by atoms with Crippen molar-refractivity contribution in [3.63, 3.8) is 0 Å². The van der Waals surface area contributed by atoms with E-state index in [1.165, 1.54) is 6.42 Å². The molecular weight excluding hydrogens is 168 g/mol. The van der Waals surface area contributed by atoms with Gasteiger partial charge in [-0.1, -0.05) is 6.92 Å². The molecule has 3 nitrogen and oxygen atoms in total. The van der Waals surface area contributed by atoms with Gasteiger partial charge in [-0.3, -0.25) is 4.79 Å². The van der Waals surface area contributed by atoms with Gasteiger partial charge in [-0.25, -0.2) is 0 Å². The minimum atomic E-state index is -0.100. The molecule has 0 aromatic heterocycles. The van der Waals surface area contributed by atoms with Gasteiger partial charge >= 0.3 is 5.97 Å². The average molecular weight is 186 g/mol. The molecule has 0 radical (unpaired) electrons. The van der Waals surface area contributed by atoms with Crippen LogP contribution in [0.4, 0.5) is 0 Å². The first-order chi connectivity index (χ1) is 6.33. The minimum Gasteiger partial charge on any atom is -0.466 e.